The van der Waals surface area contributed by atoms with Gasteiger partial charge in [-0.25, -0.2) is 8.42 Å². The summed E-state index contributed by atoms with van der Waals surface area (Å²) in [6, 6.07) is 10.3. The van der Waals surface area contributed by atoms with Gasteiger partial charge in [0.2, 0.25) is 11.8 Å². The Bertz CT molecular complexity index is 1430. The lowest BCUT2D eigenvalue weighted by molar-refractivity contribution is -0.116. The summed E-state index contributed by atoms with van der Waals surface area (Å²) >= 11 is 0. The summed E-state index contributed by atoms with van der Waals surface area (Å²) in [7, 11) is -2.64. The molecule has 0 atom stereocenters. The van der Waals surface area contributed by atoms with Crippen molar-refractivity contribution in [3.05, 3.63) is 53.2 Å². The zero-order chi connectivity index (χ0) is 25.3. The molecule has 3 aromatic rings. The molecule has 0 saturated heterocycles. The van der Waals surface area contributed by atoms with E-state index in [0.29, 0.717) is 28.9 Å². The zero-order valence-electron chi connectivity index (χ0n) is 20.1. The number of aryl methyl sites for hydroxylation is 3. The predicted molar refractivity (Wildman–Crippen MR) is 133 cm³/mol. The van der Waals surface area contributed by atoms with Gasteiger partial charge >= 0.3 is 0 Å². The molecular weight excluding hydrogens is 468 g/mol. The number of carbonyl (C=O) groups is 2. The molecule has 2 aromatic carbocycles. The predicted octanol–water partition coefficient (Wildman–Crippen LogP) is 4.30. The van der Waals surface area contributed by atoms with Crippen molar-refractivity contribution in [2.75, 3.05) is 17.1 Å². The van der Waals surface area contributed by atoms with Crippen molar-refractivity contribution in [1.29, 1.82) is 0 Å². The molecule has 0 saturated carbocycles. The number of rotatable bonds is 7. The number of nitrogens with one attached hydrogen (secondary N) is 2. The minimum atomic E-state index is -4.04. The molecule has 0 aliphatic carbocycles. The summed E-state index contributed by atoms with van der Waals surface area (Å²) in [6.07, 6.45) is 1.41. The minimum Gasteiger partial charge on any atom is -0.495 e. The molecule has 0 unspecified atom stereocenters. The number of amides is 1. The first-order valence-electron chi connectivity index (χ1n) is 11.4. The standard InChI is InChI=1S/C25H28N4O5S/c1-5-6-18-24(25-26-22(30)11-12-23(31)29(25)27-18)17-9-10-20(34-4)21(14-17)35(32,33)28-19-13-15(2)7-8-16(19)3/h7-10,13-14,28H,5-6,11-12H2,1-4H3,(H,26,30). The smallest absolute Gasteiger partial charge is 0.265 e. The van der Waals surface area contributed by atoms with Gasteiger partial charge in [0.1, 0.15) is 16.5 Å². The van der Waals surface area contributed by atoms with Gasteiger partial charge in [-0.3, -0.25) is 14.3 Å². The van der Waals surface area contributed by atoms with Gasteiger partial charge in [-0.2, -0.15) is 9.78 Å². The van der Waals surface area contributed by atoms with Gasteiger partial charge in [-0.1, -0.05) is 31.5 Å². The van der Waals surface area contributed by atoms with E-state index in [1.54, 1.807) is 18.2 Å². The van der Waals surface area contributed by atoms with Crippen molar-refractivity contribution in [1.82, 2.24) is 9.78 Å². The largest absolute Gasteiger partial charge is 0.495 e. The van der Waals surface area contributed by atoms with Crippen LogP contribution in [0.4, 0.5) is 11.5 Å². The monoisotopic (exact) mass is 496 g/mol. The van der Waals surface area contributed by atoms with Crippen LogP contribution >= 0.6 is 0 Å². The van der Waals surface area contributed by atoms with Crippen molar-refractivity contribution >= 4 is 33.3 Å². The molecule has 9 nitrogen and oxygen atoms in total. The Morgan fingerprint density at radius 2 is 1.89 bits per heavy atom. The highest BCUT2D eigenvalue weighted by molar-refractivity contribution is 7.92. The number of benzene rings is 2. The Labute approximate surface area is 204 Å². The Kier molecular flexibility index (Phi) is 6.66. The van der Waals surface area contributed by atoms with E-state index in [-0.39, 0.29) is 41.1 Å². The molecule has 0 spiro atoms. The molecule has 1 aromatic heterocycles. The first-order valence-corrected chi connectivity index (χ1v) is 12.9. The highest BCUT2D eigenvalue weighted by atomic mass is 32.2. The van der Waals surface area contributed by atoms with E-state index in [4.69, 9.17) is 4.74 Å². The fourth-order valence-corrected chi connectivity index (χ4v) is 5.40. The van der Waals surface area contributed by atoms with Gasteiger partial charge in [-0.05, 0) is 55.2 Å². The zero-order valence-corrected chi connectivity index (χ0v) is 21.0. The molecule has 35 heavy (non-hydrogen) atoms. The Morgan fingerprint density at radius 3 is 2.60 bits per heavy atom. The van der Waals surface area contributed by atoms with Crippen molar-refractivity contribution in [2.45, 2.75) is 51.3 Å². The Balaban J connectivity index is 1.87. The molecule has 1 aliphatic rings. The molecule has 2 N–H and O–H groups in total. The number of hydrogen-bond acceptors (Lipinski definition) is 6. The SMILES string of the molecule is CCCc1nn2c(c1-c1ccc(OC)c(S(=O)(=O)Nc3cc(C)ccc3C)c1)NC(=O)CCC2=O. The van der Waals surface area contributed by atoms with Crippen LogP contribution in [0.25, 0.3) is 11.1 Å². The van der Waals surface area contributed by atoms with Crippen LogP contribution in [0.2, 0.25) is 0 Å². The van der Waals surface area contributed by atoms with Gasteiger partial charge < -0.3 is 10.1 Å². The quantitative estimate of drug-likeness (QED) is 0.503. The second kappa shape index (κ2) is 9.53. The van der Waals surface area contributed by atoms with Crippen LogP contribution in [0.3, 0.4) is 0 Å². The fraction of sp³-hybridized carbons (Fsp3) is 0.320. The van der Waals surface area contributed by atoms with Crippen LogP contribution in [0.15, 0.2) is 41.3 Å². The number of hydrogen-bond donors (Lipinski definition) is 2. The van der Waals surface area contributed by atoms with Gasteiger partial charge in [0, 0.05) is 18.4 Å². The Hall–Kier alpha value is -3.66. The maximum Gasteiger partial charge on any atom is 0.265 e. The number of sulfonamides is 1. The van der Waals surface area contributed by atoms with E-state index >= 15 is 0 Å². The van der Waals surface area contributed by atoms with E-state index < -0.39 is 10.0 Å². The van der Waals surface area contributed by atoms with Crippen LogP contribution in [-0.2, 0) is 21.2 Å². The molecule has 4 rings (SSSR count). The number of ether oxygens (including phenoxy) is 1. The lowest BCUT2D eigenvalue weighted by atomic mass is 10.0. The van der Waals surface area contributed by atoms with Crippen LogP contribution in [-0.4, -0.2) is 37.1 Å². The van der Waals surface area contributed by atoms with E-state index in [1.165, 1.54) is 17.9 Å². The molecule has 10 heteroatoms. The molecule has 1 amide bonds. The molecule has 0 fully saturated rings. The third-order valence-electron chi connectivity index (χ3n) is 5.88. The summed E-state index contributed by atoms with van der Waals surface area (Å²) in [5.74, 6) is -0.155. The van der Waals surface area contributed by atoms with Crippen LogP contribution in [0.5, 0.6) is 5.75 Å². The highest BCUT2D eigenvalue weighted by Crippen LogP contribution is 2.38. The molecule has 2 heterocycles. The first-order chi connectivity index (χ1) is 16.6. The normalized spacial score (nSPS) is 13.7. The van der Waals surface area contributed by atoms with Gasteiger partial charge in [0.25, 0.3) is 10.0 Å². The summed E-state index contributed by atoms with van der Waals surface area (Å²) in [6.45, 7) is 5.69. The molecule has 1 aliphatic heterocycles. The minimum absolute atomic E-state index is 0.0491. The van der Waals surface area contributed by atoms with Crippen molar-refractivity contribution in [2.24, 2.45) is 0 Å². The average molecular weight is 497 g/mol. The van der Waals surface area contributed by atoms with Crippen LogP contribution in [0, 0.1) is 13.8 Å². The lowest BCUT2D eigenvalue weighted by Crippen LogP contribution is -2.15. The number of carbonyl (C=O) groups excluding carboxylic acids is 2. The van der Waals surface area contributed by atoms with Crippen molar-refractivity contribution in [3.63, 3.8) is 0 Å². The molecule has 0 radical (unpaired) electrons. The number of fused-ring (bicyclic) bond motifs is 1. The second-order valence-corrected chi connectivity index (χ2v) is 10.2. The number of methoxy groups -OCH3 is 1. The highest BCUT2D eigenvalue weighted by Gasteiger charge is 2.29. The van der Waals surface area contributed by atoms with Crippen molar-refractivity contribution in [3.8, 4) is 16.9 Å². The van der Waals surface area contributed by atoms with Crippen LogP contribution in [0.1, 0.15) is 47.8 Å². The maximum atomic E-state index is 13.5. The summed E-state index contributed by atoms with van der Waals surface area (Å²) in [4.78, 5) is 24.9. The number of aromatic nitrogens is 2. The average Bonchev–Trinajstić information content (AvgIpc) is 3.10. The van der Waals surface area contributed by atoms with E-state index in [0.717, 1.165) is 17.5 Å². The number of nitrogens with zero attached hydrogens (tertiary/aromatic N) is 2. The van der Waals surface area contributed by atoms with Gasteiger partial charge in [-0.15, -0.1) is 0 Å². The van der Waals surface area contributed by atoms with E-state index in [2.05, 4.69) is 15.1 Å². The summed E-state index contributed by atoms with van der Waals surface area (Å²) in [5, 5.41) is 7.26. The topological polar surface area (TPSA) is 119 Å². The lowest BCUT2D eigenvalue weighted by Gasteiger charge is -2.15. The van der Waals surface area contributed by atoms with E-state index in [9.17, 15) is 18.0 Å². The summed E-state index contributed by atoms with van der Waals surface area (Å²) in [5.41, 5.74) is 3.81. The first kappa shape index (κ1) is 24.5. The Morgan fingerprint density at radius 1 is 1.11 bits per heavy atom. The van der Waals surface area contributed by atoms with Gasteiger partial charge in [0.05, 0.1) is 18.5 Å². The van der Waals surface area contributed by atoms with E-state index in [1.807, 2.05) is 32.9 Å². The molecular formula is C25H28N4O5S. The summed E-state index contributed by atoms with van der Waals surface area (Å²) < 4.78 is 36.2. The van der Waals surface area contributed by atoms with Crippen molar-refractivity contribution < 1.29 is 22.7 Å². The maximum absolute atomic E-state index is 13.5. The van der Waals surface area contributed by atoms with Gasteiger partial charge in [0.15, 0.2) is 0 Å². The second-order valence-electron chi connectivity index (χ2n) is 8.56. The fourth-order valence-electron chi connectivity index (χ4n) is 4.08. The molecule has 0 bridgehead atoms. The number of anilines is 2. The third-order valence-corrected chi connectivity index (χ3v) is 7.27. The van der Waals surface area contributed by atoms with Crippen LogP contribution < -0.4 is 14.8 Å². The molecule has 184 valence electrons. The third kappa shape index (κ3) is 4.79.